The number of methoxy groups -OCH3 is 1. The van der Waals surface area contributed by atoms with Crippen LogP contribution in [0.25, 0.3) is 0 Å². The van der Waals surface area contributed by atoms with E-state index in [4.69, 9.17) is 16.3 Å². The Kier molecular flexibility index (Phi) is 4.88. The van der Waals surface area contributed by atoms with Crippen molar-refractivity contribution in [1.82, 2.24) is 9.88 Å². The van der Waals surface area contributed by atoms with Gasteiger partial charge in [-0.15, -0.1) is 0 Å². The fraction of sp³-hybridized carbons (Fsp3) is 0.333. The van der Waals surface area contributed by atoms with Gasteiger partial charge in [-0.25, -0.2) is 0 Å². The largest absolute Gasteiger partial charge is 0.496 e. The van der Waals surface area contributed by atoms with Crippen LogP contribution >= 0.6 is 11.6 Å². The van der Waals surface area contributed by atoms with E-state index in [-0.39, 0.29) is 0 Å². The van der Waals surface area contributed by atoms with Gasteiger partial charge in [0.25, 0.3) is 0 Å². The number of benzene rings is 1. The second kappa shape index (κ2) is 6.64. The monoisotopic (exact) mass is 278 g/mol. The number of hydrogen-bond donors (Lipinski definition) is 1. The highest BCUT2D eigenvalue weighted by atomic mass is 35.5. The summed E-state index contributed by atoms with van der Waals surface area (Å²) in [6.07, 6.45) is 2.09. The number of hydrogen-bond acceptors (Lipinski definition) is 2. The third kappa shape index (κ3) is 3.31. The fourth-order valence-electron chi connectivity index (χ4n) is 2.14. The van der Waals surface area contributed by atoms with Crippen LogP contribution in [0.5, 0.6) is 5.75 Å². The smallest absolute Gasteiger partial charge is 0.124 e. The molecule has 4 heteroatoms. The minimum Gasteiger partial charge on any atom is -0.496 e. The molecule has 0 radical (unpaired) electrons. The Hall–Kier alpha value is -1.45. The van der Waals surface area contributed by atoms with Crippen molar-refractivity contribution in [3.05, 3.63) is 52.8 Å². The van der Waals surface area contributed by atoms with E-state index < -0.39 is 0 Å². The summed E-state index contributed by atoms with van der Waals surface area (Å²) >= 11 is 6.20. The molecule has 0 aliphatic heterocycles. The molecule has 0 unspecified atom stereocenters. The molecular weight excluding hydrogens is 260 g/mol. The van der Waals surface area contributed by atoms with Crippen molar-refractivity contribution in [1.29, 1.82) is 0 Å². The Balaban J connectivity index is 2.00. The van der Waals surface area contributed by atoms with Gasteiger partial charge < -0.3 is 14.6 Å². The predicted molar refractivity (Wildman–Crippen MR) is 78.7 cm³/mol. The lowest BCUT2D eigenvalue weighted by molar-refractivity contribution is 0.407. The van der Waals surface area contributed by atoms with Crippen LogP contribution < -0.4 is 10.1 Å². The lowest BCUT2D eigenvalue weighted by Crippen LogP contribution is -2.16. The van der Waals surface area contributed by atoms with Crippen LogP contribution in [0.15, 0.2) is 36.5 Å². The van der Waals surface area contributed by atoms with Crippen LogP contribution in [0.3, 0.4) is 0 Å². The van der Waals surface area contributed by atoms with Gasteiger partial charge in [0.1, 0.15) is 5.75 Å². The van der Waals surface area contributed by atoms with Gasteiger partial charge in [-0.05, 0) is 31.2 Å². The highest BCUT2D eigenvalue weighted by Crippen LogP contribution is 2.25. The molecular formula is C15H19ClN2O. The van der Waals surface area contributed by atoms with Crippen LogP contribution in [-0.2, 0) is 19.6 Å². The lowest BCUT2D eigenvalue weighted by Gasteiger charge is -2.12. The van der Waals surface area contributed by atoms with Crippen molar-refractivity contribution >= 4 is 11.6 Å². The molecule has 0 amide bonds. The maximum Gasteiger partial charge on any atom is 0.124 e. The molecule has 1 N–H and O–H groups in total. The first-order valence-corrected chi connectivity index (χ1v) is 6.80. The number of rotatable bonds is 6. The molecule has 1 heterocycles. The number of aromatic nitrogens is 1. The van der Waals surface area contributed by atoms with Gasteiger partial charge in [0.05, 0.1) is 7.11 Å². The summed E-state index contributed by atoms with van der Waals surface area (Å²) < 4.78 is 7.55. The Morgan fingerprint density at radius 1 is 1.21 bits per heavy atom. The zero-order valence-electron chi connectivity index (χ0n) is 11.3. The molecule has 0 saturated heterocycles. The Bertz CT molecular complexity index is 537. The molecule has 0 aliphatic carbocycles. The molecule has 1 aromatic carbocycles. The van der Waals surface area contributed by atoms with Gasteiger partial charge in [0.15, 0.2) is 0 Å². The highest BCUT2D eigenvalue weighted by molar-refractivity contribution is 6.31. The maximum absolute atomic E-state index is 6.20. The summed E-state index contributed by atoms with van der Waals surface area (Å²) in [5.41, 5.74) is 2.27. The van der Waals surface area contributed by atoms with E-state index in [9.17, 15) is 0 Å². The Morgan fingerprint density at radius 3 is 2.79 bits per heavy atom. The SMILES string of the molecule is CCn1cccc1CNCc1c(Cl)cccc1OC. The second-order valence-corrected chi connectivity index (χ2v) is 4.72. The highest BCUT2D eigenvalue weighted by Gasteiger charge is 2.07. The topological polar surface area (TPSA) is 26.2 Å². The zero-order chi connectivity index (χ0) is 13.7. The van der Waals surface area contributed by atoms with Gasteiger partial charge in [-0.3, -0.25) is 0 Å². The second-order valence-electron chi connectivity index (χ2n) is 4.31. The van der Waals surface area contributed by atoms with E-state index in [1.807, 2.05) is 18.2 Å². The predicted octanol–water partition coefficient (Wildman–Crippen LogP) is 3.46. The van der Waals surface area contributed by atoms with Crippen LogP contribution in [-0.4, -0.2) is 11.7 Å². The molecule has 0 fully saturated rings. The van der Waals surface area contributed by atoms with E-state index in [1.165, 1.54) is 5.69 Å². The number of nitrogens with zero attached hydrogens (tertiary/aromatic N) is 1. The van der Waals surface area contributed by atoms with E-state index >= 15 is 0 Å². The standard InChI is InChI=1S/C15H19ClN2O/c1-3-18-9-5-6-12(18)10-17-11-13-14(16)7-4-8-15(13)19-2/h4-9,17H,3,10-11H2,1-2H3. The van der Waals surface area contributed by atoms with Crippen molar-refractivity contribution in [3.63, 3.8) is 0 Å². The fourth-order valence-corrected chi connectivity index (χ4v) is 2.37. The molecule has 0 spiro atoms. The summed E-state index contributed by atoms with van der Waals surface area (Å²) in [5.74, 6) is 0.825. The van der Waals surface area contributed by atoms with Crippen LogP contribution in [0.2, 0.25) is 5.02 Å². The molecule has 0 bridgehead atoms. The van der Waals surface area contributed by atoms with Gasteiger partial charge in [0.2, 0.25) is 0 Å². The zero-order valence-corrected chi connectivity index (χ0v) is 12.1. The van der Waals surface area contributed by atoms with Crippen molar-refractivity contribution in [3.8, 4) is 5.75 Å². The third-order valence-electron chi connectivity index (χ3n) is 3.17. The molecule has 0 atom stereocenters. The van der Waals surface area contributed by atoms with Crippen LogP contribution in [0.1, 0.15) is 18.2 Å². The summed E-state index contributed by atoms with van der Waals surface area (Å²) in [6, 6.07) is 9.90. The molecule has 0 aliphatic rings. The van der Waals surface area contributed by atoms with Crippen molar-refractivity contribution in [2.24, 2.45) is 0 Å². The molecule has 3 nitrogen and oxygen atoms in total. The summed E-state index contributed by atoms with van der Waals surface area (Å²) in [5, 5.41) is 4.14. The van der Waals surface area contributed by atoms with Crippen LogP contribution in [0, 0.1) is 0 Å². The molecule has 19 heavy (non-hydrogen) atoms. The molecule has 102 valence electrons. The van der Waals surface area contributed by atoms with Gasteiger partial charge in [-0.1, -0.05) is 17.7 Å². The van der Waals surface area contributed by atoms with Crippen LogP contribution in [0.4, 0.5) is 0 Å². The molecule has 1 aromatic heterocycles. The lowest BCUT2D eigenvalue weighted by atomic mass is 10.2. The van der Waals surface area contributed by atoms with E-state index in [2.05, 4.69) is 35.1 Å². The summed E-state index contributed by atoms with van der Waals surface area (Å²) in [7, 11) is 1.66. The number of aryl methyl sites for hydroxylation is 1. The molecule has 2 rings (SSSR count). The van der Waals surface area contributed by atoms with Gasteiger partial charge >= 0.3 is 0 Å². The Morgan fingerprint density at radius 2 is 2.05 bits per heavy atom. The summed E-state index contributed by atoms with van der Waals surface area (Å²) in [4.78, 5) is 0. The van der Waals surface area contributed by atoms with E-state index in [0.29, 0.717) is 6.54 Å². The normalized spacial score (nSPS) is 10.7. The maximum atomic E-state index is 6.20. The molecule has 0 saturated carbocycles. The average molecular weight is 279 g/mol. The first kappa shape index (κ1) is 14.0. The van der Waals surface area contributed by atoms with Crippen molar-refractivity contribution in [2.45, 2.75) is 26.6 Å². The average Bonchev–Trinajstić information content (AvgIpc) is 2.88. The van der Waals surface area contributed by atoms with Crippen molar-refractivity contribution in [2.75, 3.05) is 7.11 Å². The minimum atomic E-state index is 0.692. The third-order valence-corrected chi connectivity index (χ3v) is 3.52. The number of halogens is 1. The first-order chi connectivity index (χ1) is 9.26. The number of nitrogens with one attached hydrogen (secondary N) is 1. The van der Waals surface area contributed by atoms with Gasteiger partial charge in [0, 0.05) is 42.1 Å². The Labute approximate surface area is 119 Å². The van der Waals surface area contributed by atoms with E-state index in [0.717, 1.165) is 29.4 Å². The van der Waals surface area contributed by atoms with Crippen molar-refractivity contribution < 1.29 is 4.74 Å². The minimum absolute atomic E-state index is 0.692. The first-order valence-electron chi connectivity index (χ1n) is 6.42. The van der Waals surface area contributed by atoms with E-state index in [1.54, 1.807) is 7.11 Å². The van der Waals surface area contributed by atoms with Gasteiger partial charge in [-0.2, -0.15) is 0 Å². The summed E-state index contributed by atoms with van der Waals surface area (Å²) in [6.45, 7) is 4.63. The molecule has 2 aromatic rings. The quantitative estimate of drug-likeness (QED) is 0.876. The number of ether oxygens (including phenoxy) is 1.